The Morgan fingerprint density at radius 1 is 1.09 bits per heavy atom. The number of nitrogens with one attached hydrogen (secondary N) is 1. The van der Waals surface area contributed by atoms with Gasteiger partial charge in [-0.3, -0.25) is 9.59 Å². The van der Waals surface area contributed by atoms with Crippen LogP contribution in [0.2, 0.25) is 5.02 Å². The molecule has 1 aromatic heterocycles. The van der Waals surface area contributed by atoms with Gasteiger partial charge in [0.05, 0.1) is 5.52 Å². The Bertz CT molecular complexity index is 1390. The van der Waals surface area contributed by atoms with Gasteiger partial charge in [-0.1, -0.05) is 41.1 Å². The Morgan fingerprint density at radius 3 is 2.69 bits per heavy atom. The number of hydrogen-bond donors (Lipinski definition) is 1. The summed E-state index contributed by atoms with van der Waals surface area (Å²) in [7, 11) is 0. The topological polar surface area (TPSA) is 98.6 Å². The van der Waals surface area contributed by atoms with E-state index in [2.05, 4.69) is 15.6 Å². The van der Waals surface area contributed by atoms with E-state index in [0.29, 0.717) is 27.7 Å². The SMILES string of the molecule is C[C@H](C(=O)Nc1ccc2c(c1)OCO2)N(Cc1ccc(Cl)cc1)C(=O)Cn1nnc2ccccc21. The molecule has 0 radical (unpaired) electrons. The van der Waals surface area contributed by atoms with Crippen molar-refractivity contribution in [3.8, 4) is 11.5 Å². The second-order valence-electron chi connectivity index (χ2n) is 8.12. The molecule has 10 heteroatoms. The lowest BCUT2D eigenvalue weighted by Gasteiger charge is -2.29. The smallest absolute Gasteiger partial charge is 0.246 e. The second kappa shape index (κ2) is 9.63. The molecule has 1 atom stereocenters. The molecule has 1 aliphatic rings. The Labute approximate surface area is 206 Å². The molecule has 0 saturated carbocycles. The number of halogens is 1. The van der Waals surface area contributed by atoms with Crippen LogP contribution in [0.3, 0.4) is 0 Å². The Kier molecular flexibility index (Phi) is 6.24. The van der Waals surface area contributed by atoms with E-state index < -0.39 is 6.04 Å². The first-order valence-corrected chi connectivity index (χ1v) is 11.4. The Hall–Kier alpha value is -4.11. The molecule has 0 fully saturated rings. The first kappa shape index (κ1) is 22.7. The van der Waals surface area contributed by atoms with E-state index in [1.165, 1.54) is 9.58 Å². The summed E-state index contributed by atoms with van der Waals surface area (Å²) >= 11 is 6.02. The largest absolute Gasteiger partial charge is 0.454 e. The predicted octanol–water partition coefficient (Wildman–Crippen LogP) is 3.87. The van der Waals surface area contributed by atoms with Crippen molar-refractivity contribution in [2.45, 2.75) is 26.1 Å². The number of carbonyl (C=O) groups is 2. The lowest BCUT2D eigenvalue weighted by atomic mass is 10.1. The molecule has 9 nitrogen and oxygen atoms in total. The summed E-state index contributed by atoms with van der Waals surface area (Å²) in [6.07, 6.45) is 0. The van der Waals surface area contributed by atoms with Crippen molar-refractivity contribution >= 4 is 40.1 Å². The van der Waals surface area contributed by atoms with Gasteiger partial charge >= 0.3 is 0 Å². The average Bonchev–Trinajstić information content (AvgIpc) is 3.50. The van der Waals surface area contributed by atoms with Crippen molar-refractivity contribution in [1.82, 2.24) is 19.9 Å². The Balaban J connectivity index is 1.37. The molecular formula is C25H22ClN5O4. The van der Waals surface area contributed by atoms with Crippen LogP contribution in [0.4, 0.5) is 5.69 Å². The van der Waals surface area contributed by atoms with Gasteiger partial charge in [-0.2, -0.15) is 0 Å². The zero-order chi connectivity index (χ0) is 24.4. The van der Waals surface area contributed by atoms with Gasteiger partial charge in [-0.25, -0.2) is 4.68 Å². The van der Waals surface area contributed by atoms with Gasteiger partial charge in [-0.15, -0.1) is 5.10 Å². The van der Waals surface area contributed by atoms with Gasteiger partial charge in [0.1, 0.15) is 18.1 Å². The molecule has 0 spiro atoms. The number of anilines is 1. The summed E-state index contributed by atoms with van der Waals surface area (Å²) in [4.78, 5) is 28.2. The number of hydrogen-bond acceptors (Lipinski definition) is 6. The van der Waals surface area contributed by atoms with E-state index in [4.69, 9.17) is 21.1 Å². The molecule has 35 heavy (non-hydrogen) atoms. The lowest BCUT2D eigenvalue weighted by molar-refractivity contribution is -0.139. The zero-order valence-electron chi connectivity index (χ0n) is 18.8. The summed E-state index contributed by atoms with van der Waals surface area (Å²) < 4.78 is 12.2. The Morgan fingerprint density at radius 2 is 1.86 bits per heavy atom. The second-order valence-corrected chi connectivity index (χ2v) is 8.55. The van der Waals surface area contributed by atoms with Crippen LogP contribution in [0.1, 0.15) is 12.5 Å². The van der Waals surface area contributed by atoms with E-state index in [1.807, 2.05) is 36.4 Å². The van der Waals surface area contributed by atoms with Crippen LogP contribution in [0.25, 0.3) is 11.0 Å². The van der Waals surface area contributed by atoms with Gasteiger partial charge in [0, 0.05) is 23.3 Å². The molecule has 1 N–H and O–H groups in total. The van der Waals surface area contributed by atoms with Crippen LogP contribution < -0.4 is 14.8 Å². The molecule has 1 aliphatic heterocycles. The molecular weight excluding hydrogens is 470 g/mol. The third-order valence-corrected chi connectivity index (χ3v) is 6.03. The summed E-state index contributed by atoms with van der Waals surface area (Å²) in [5, 5.41) is 11.7. The van der Waals surface area contributed by atoms with Crippen molar-refractivity contribution < 1.29 is 19.1 Å². The maximum absolute atomic E-state index is 13.5. The first-order valence-electron chi connectivity index (χ1n) is 11.0. The van der Waals surface area contributed by atoms with Crippen molar-refractivity contribution in [3.63, 3.8) is 0 Å². The van der Waals surface area contributed by atoms with Crippen LogP contribution >= 0.6 is 11.6 Å². The fraction of sp³-hybridized carbons (Fsp3) is 0.200. The van der Waals surface area contributed by atoms with Crippen molar-refractivity contribution in [1.29, 1.82) is 0 Å². The fourth-order valence-corrected chi connectivity index (χ4v) is 3.97. The fourth-order valence-electron chi connectivity index (χ4n) is 3.84. The predicted molar refractivity (Wildman–Crippen MR) is 130 cm³/mol. The van der Waals surface area contributed by atoms with E-state index in [9.17, 15) is 9.59 Å². The monoisotopic (exact) mass is 491 g/mol. The highest BCUT2D eigenvalue weighted by molar-refractivity contribution is 6.30. The number of ether oxygens (including phenoxy) is 2. The minimum absolute atomic E-state index is 0.0598. The number of carbonyl (C=O) groups excluding carboxylic acids is 2. The molecule has 2 heterocycles. The molecule has 2 amide bonds. The number of fused-ring (bicyclic) bond motifs is 2. The highest BCUT2D eigenvalue weighted by Crippen LogP contribution is 2.34. The van der Waals surface area contributed by atoms with Gasteiger partial charge in [0.2, 0.25) is 18.6 Å². The number of amides is 2. The van der Waals surface area contributed by atoms with Gasteiger partial charge < -0.3 is 19.7 Å². The molecule has 0 saturated heterocycles. The third kappa shape index (κ3) is 4.90. The molecule has 4 aromatic rings. The van der Waals surface area contributed by atoms with E-state index in [0.717, 1.165) is 11.1 Å². The number of aromatic nitrogens is 3. The minimum Gasteiger partial charge on any atom is -0.454 e. The highest BCUT2D eigenvalue weighted by Gasteiger charge is 2.27. The number of nitrogens with zero attached hydrogens (tertiary/aromatic N) is 4. The van der Waals surface area contributed by atoms with Crippen molar-refractivity contribution in [2.24, 2.45) is 0 Å². The summed E-state index contributed by atoms with van der Waals surface area (Å²) in [5.74, 6) is 0.567. The van der Waals surface area contributed by atoms with Crippen LogP contribution in [0, 0.1) is 0 Å². The molecule has 3 aromatic carbocycles. The highest BCUT2D eigenvalue weighted by atomic mass is 35.5. The van der Waals surface area contributed by atoms with Crippen LogP contribution in [-0.2, 0) is 22.7 Å². The van der Waals surface area contributed by atoms with E-state index >= 15 is 0 Å². The summed E-state index contributed by atoms with van der Waals surface area (Å²) in [6, 6.07) is 18.9. The average molecular weight is 492 g/mol. The number of para-hydroxylation sites is 1. The summed E-state index contributed by atoms with van der Waals surface area (Å²) in [6.45, 7) is 1.99. The van der Waals surface area contributed by atoms with Crippen LogP contribution in [0.5, 0.6) is 11.5 Å². The zero-order valence-corrected chi connectivity index (χ0v) is 19.6. The molecule has 5 rings (SSSR count). The molecule has 0 aliphatic carbocycles. The van der Waals surface area contributed by atoms with Crippen molar-refractivity contribution in [2.75, 3.05) is 12.1 Å². The summed E-state index contributed by atoms with van der Waals surface area (Å²) in [5.41, 5.74) is 2.82. The van der Waals surface area contributed by atoms with E-state index in [1.54, 1.807) is 37.3 Å². The normalized spacial score (nSPS) is 13.0. The molecule has 0 unspecified atom stereocenters. The maximum Gasteiger partial charge on any atom is 0.246 e. The third-order valence-electron chi connectivity index (χ3n) is 5.78. The maximum atomic E-state index is 13.5. The number of benzene rings is 3. The van der Waals surface area contributed by atoms with Gasteiger partial charge in [0.25, 0.3) is 0 Å². The number of rotatable bonds is 7. The van der Waals surface area contributed by atoms with E-state index in [-0.39, 0.29) is 31.7 Å². The van der Waals surface area contributed by atoms with Gasteiger partial charge in [0.15, 0.2) is 11.5 Å². The minimum atomic E-state index is -0.779. The van der Waals surface area contributed by atoms with Crippen molar-refractivity contribution in [3.05, 3.63) is 77.3 Å². The molecule has 178 valence electrons. The van der Waals surface area contributed by atoms with Crippen LogP contribution in [-0.4, -0.2) is 44.5 Å². The quantitative estimate of drug-likeness (QED) is 0.421. The standard InChI is InChI=1S/C25H22ClN5O4/c1-16(25(33)27-19-10-11-22-23(12-19)35-15-34-22)30(13-17-6-8-18(26)9-7-17)24(32)14-31-21-5-3-2-4-20(21)28-29-31/h2-12,16H,13-15H2,1H3,(H,27,33)/t16-/m1/s1. The lowest BCUT2D eigenvalue weighted by Crippen LogP contribution is -2.46. The van der Waals surface area contributed by atoms with Crippen LogP contribution in [0.15, 0.2) is 66.7 Å². The molecule has 0 bridgehead atoms. The van der Waals surface area contributed by atoms with Gasteiger partial charge in [-0.05, 0) is 48.9 Å². The first-order chi connectivity index (χ1) is 17.0.